The van der Waals surface area contributed by atoms with E-state index in [9.17, 15) is 4.79 Å². The zero-order valence-corrected chi connectivity index (χ0v) is 16.5. The summed E-state index contributed by atoms with van der Waals surface area (Å²) >= 11 is 12.0. The van der Waals surface area contributed by atoms with Gasteiger partial charge in [-0.25, -0.2) is 9.97 Å². The maximum absolute atomic E-state index is 12.5. The molecule has 0 fully saturated rings. The number of amides is 1. The monoisotopic (exact) mass is 420 g/mol. The second-order valence-electron chi connectivity index (χ2n) is 6.17. The second kappa shape index (κ2) is 8.39. The van der Waals surface area contributed by atoms with E-state index in [1.54, 1.807) is 42.6 Å². The van der Waals surface area contributed by atoms with Gasteiger partial charge in [0.15, 0.2) is 0 Å². The van der Waals surface area contributed by atoms with Gasteiger partial charge in [0.25, 0.3) is 5.91 Å². The molecular formula is C22H14Cl2N4O. The summed E-state index contributed by atoms with van der Waals surface area (Å²) < 4.78 is 0. The number of carbonyl (C=O) groups excluding carboxylic acids is 1. The fourth-order valence-corrected chi connectivity index (χ4v) is 2.96. The van der Waals surface area contributed by atoms with E-state index in [2.05, 4.69) is 20.3 Å². The minimum atomic E-state index is -0.339. The summed E-state index contributed by atoms with van der Waals surface area (Å²) in [5, 5.41) is 4.01. The third kappa shape index (κ3) is 4.59. The summed E-state index contributed by atoms with van der Waals surface area (Å²) in [6.07, 6.45) is 3.09. The molecule has 2 aromatic heterocycles. The van der Waals surface area contributed by atoms with Gasteiger partial charge in [-0.05, 0) is 42.5 Å². The number of carbonyl (C=O) groups is 1. The molecule has 0 aliphatic rings. The maximum Gasteiger partial charge on any atom is 0.259 e. The number of hydrogen-bond donors (Lipinski definition) is 1. The van der Waals surface area contributed by atoms with Crippen LogP contribution in [0.5, 0.6) is 0 Å². The number of anilines is 1. The Morgan fingerprint density at radius 1 is 0.793 bits per heavy atom. The smallest absolute Gasteiger partial charge is 0.259 e. The Kier molecular flexibility index (Phi) is 5.51. The van der Waals surface area contributed by atoms with Crippen molar-refractivity contribution in [2.24, 2.45) is 0 Å². The van der Waals surface area contributed by atoms with Crippen LogP contribution in [0.3, 0.4) is 0 Å². The van der Waals surface area contributed by atoms with E-state index in [0.29, 0.717) is 27.0 Å². The van der Waals surface area contributed by atoms with E-state index in [-0.39, 0.29) is 11.9 Å². The number of nitrogens with zero attached hydrogens (tertiary/aromatic N) is 3. The minimum Gasteiger partial charge on any atom is -0.290 e. The third-order valence-electron chi connectivity index (χ3n) is 4.16. The highest BCUT2D eigenvalue weighted by Gasteiger charge is 2.12. The Hall–Kier alpha value is -3.28. The number of nitrogens with one attached hydrogen (secondary N) is 1. The summed E-state index contributed by atoms with van der Waals surface area (Å²) in [7, 11) is 0. The number of aromatic nitrogens is 3. The fourth-order valence-electron chi connectivity index (χ4n) is 2.71. The van der Waals surface area contributed by atoms with Crippen molar-refractivity contribution in [2.45, 2.75) is 0 Å². The van der Waals surface area contributed by atoms with Crippen molar-refractivity contribution < 1.29 is 4.79 Å². The number of rotatable bonds is 4. The average molecular weight is 421 g/mol. The van der Waals surface area contributed by atoms with E-state index in [4.69, 9.17) is 23.2 Å². The van der Waals surface area contributed by atoms with Crippen molar-refractivity contribution >= 4 is 35.1 Å². The molecule has 1 N–H and O–H groups in total. The van der Waals surface area contributed by atoms with E-state index in [0.717, 1.165) is 11.1 Å². The molecule has 0 atom stereocenters. The van der Waals surface area contributed by atoms with Crippen LogP contribution in [0, 0.1) is 0 Å². The van der Waals surface area contributed by atoms with Crippen LogP contribution < -0.4 is 5.32 Å². The number of benzene rings is 2. The molecule has 2 aromatic carbocycles. The van der Waals surface area contributed by atoms with Gasteiger partial charge < -0.3 is 0 Å². The molecule has 0 spiro atoms. The van der Waals surface area contributed by atoms with E-state index < -0.39 is 0 Å². The molecule has 7 heteroatoms. The first-order valence-electron chi connectivity index (χ1n) is 8.71. The van der Waals surface area contributed by atoms with Gasteiger partial charge in [-0.3, -0.25) is 15.1 Å². The van der Waals surface area contributed by atoms with Crippen molar-refractivity contribution in [1.82, 2.24) is 15.0 Å². The van der Waals surface area contributed by atoms with Gasteiger partial charge in [-0.1, -0.05) is 47.5 Å². The molecule has 0 unspecified atom stereocenters. The van der Waals surface area contributed by atoms with Crippen LogP contribution in [0.1, 0.15) is 10.4 Å². The van der Waals surface area contributed by atoms with Gasteiger partial charge in [-0.15, -0.1) is 0 Å². The Morgan fingerprint density at radius 2 is 1.34 bits per heavy atom. The maximum atomic E-state index is 12.5. The molecule has 0 aliphatic carbocycles. The molecule has 142 valence electrons. The summed E-state index contributed by atoms with van der Waals surface area (Å²) in [4.78, 5) is 25.5. The molecule has 0 radical (unpaired) electrons. The lowest BCUT2D eigenvalue weighted by atomic mass is 10.1. The molecule has 4 rings (SSSR count). The highest BCUT2D eigenvalue weighted by molar-refractivity contribution is 6.30. The second-order valence-corrected chi connectivity index (χ2v) is 7.04. The summed E-state index contributed by atoms with van der Waals surface area (Å²) in [5.41, 5.74) is 3.43. The van der Waals surface area contributed by atoms with Gasteiger partial charge in [0, 0.05) is 33.6 Å². The topological polar surface area (TPSA) is 67.8 Å². The van der Waals surface area contributed by atoms with Crippen molar-refractivity contribution in [3.05, 3.63) is 94.7 Å². The van der Waals surface area contributed by atoms with Gasteiger partial charge in [0.1, 0.15) is 0 Å². The molecule has 0 saturated heterocycles. The Bertz CT molecular complexity index is 1080. The summed E-state index contributed by atoms with van der Waals surface area (Å²) in [6.45, 7) is 0. The predicted molar refractivity (Wildman–Crippen MR) is 115 cm³/mol. The van der Waals surface area contributed by atoms with E-state index in [1.165, 1.54) is 6.20 Å². The average Bonchev–Trinajstić information content (AvgIpc) is 2.75. The molecule has 0 saturated carbocycles. The SMILES string of the molecule is O=C(Nc1nc(-c2ccc(Cl)cc2)cc(-c2ccc(Cl)cc2)n1)c1cccnc1. The van der Waals surface area contributed by atoms with Crippen molar-refractivity contribution in [1.29, 1.82) is 0 Å². The van der Waals surface area contributed by atoms with Crippen LogP contribution in [0.15, 0.2) is 79.1 Å². The van der Waals surface area contributed by atoms with Crippen molar-refractivity contribution in [3.8, 4) is 22.5 Å². The Morgan fingerprint density at radius 3 is 1.83 bits per heavy atom. The first-order chi connectivity index (χ1) is 14.1. The first kappa shape index (κ1) is 19.1. The lowest BCUT2D eigenvalue weighted by Crippen LogP contribution is -2.15. The molecule has 0 bridgehead atoms. The van der Waals surface area contributed by atoms with Crippen LogP contribution in [0.25, 0.3) is 22.5 Å². The highest BCUT2D eigenvalue weighted by atomic mass is 35.5. The molecule has 1 amide bonds. The zero-order chi connectivity index (χ0) is 20.2. The standard InChI is InChI=1S/C22H14Cl2N4O/c23-17-7-3-14(4-8-17)19-12-20(15-5-9-18(24)10-6-15)27-22(26-19)28-21(29)16-2-1-11-25-13-16/h1-13H,(H,26,27,28,29). The van der Waals surface area contributed by atoms with Gasteiger partial charge in [0.05, 0.1) is 17.0 Å². The molecule has 0 aliphatic heterocycles. The molecular weight excluding hydrogens is 407 g/mol. The van der Waals surface area contributed by atoms with Crippen molar-refractivity contribution in [3.63, 3.8) is 0 Å². The molecule has 4 aromatic rings. The van der Waals surface area contributed by atoms with E-state index >= 15 is 0 Å². The first-order valence-corrected chi connectivity index (χ1v) is 9.46. The van der Waals surface area contributed by atoms with Gasteiger partial charge in [0.2, 0.25) is 5.95 Å². The zero-order valence-electron chi connectivity index (χ0n) is 15.0. The quantitative estimate of drug-likeness (QED) is 0.455. The number of pyridine rings is 1. The normalized spacial score (nSPS) is 10.6. The van der Waals surface area contributed by atoms with Crippen molar-refractivity contribution in [2.75, 3.05) is 5.32 Å². The minimum absolute atomic E-state index is 0.191. The van der Waals surface area contributed by atoms with Crippen LogP contribution >= 0.6 is 23.2 Å². The van der Waals surface area contributed by atoms with Crippen LogP contribution in [0.4, 0.5) is 5.95 Å². The summed E-state index contributed by atoms with van der Waals surface area (Å²) in [6, 6.07) is 19.8. The lowest BCUT2D eigenvalue weighted by molar-refractivity contribution is 0.102. The number of hydrogen-bond acceptors (Lipinski definition) is 4. The largest absolute Gasteiger partial charge is 0.290 e. The Balaban J connectivity index is 1.76. The lowest BCUT2D eigenvalue weighted by Gasteiger charge is -2.10. The number of halogens is 2. The molecule has 2 heterocycles. The van der Waals surface area contributed by atoms with E-state index in [1.807, 2.05) is 30.3 Å². The highest BCUT2D eigenvalue weighted by Crippen LogP contribution is 2.27. The predicted octanol–water partition coefficient (Wildman–Crippen LogP) is 5.76. The molecule has 5 nitrogen and oxygen atoms in total. The van der Waals surface area contributed by atoms with Crippen LogP contribution in [-0.4, -0.2) is 20.9 Å². The third-order valence-corrected chi connectivity index (χ3v) is 4.66. The Labute approximate surface area is 177 Å². The van der Waals surface area contributed by atoms with Gasteiger partial charge in [-0.2, -0.15) is 0 Å². The van der Waals surface area contributed by atoms with Crippen LogP contribution in [0.2, 0.25) is 10.0 Å². The summed E-state index contributed by atoms with van der Waals surface area (Å²) in [5.74, 6) is -0.148. The molecule has 29 heavy (non-hydrogen) atoms. The fraction of sp³-hybridized carbons (Fsp3) is 0. The van der Waals surface area contributed by atoms with Gasteiger partial charge >= 0.3 is 0 Å². The van der Waals surface area contributed by atoms with Crippen LogP contribution in [-0.2, 0) is 0 Å².